The van der Waals surface area contributed by atoms with Gasteiger partial charge in [0, 0.05) is 0 Å². The maximum absolute atomic E-state index is 3.00. The Morgan fingerprint density at radius 1 is 0.571 bits per heavy atom. The van der Waals surface area contributed by atoms with Crippen LogP contribution < -0.4 is 0 Å². The summed E-state index contributed by atoms with van der Waals surface area (Å²) in [6, 6.07) is 22.3. The van der Waals surface area contributed by atoms with E-state index in [4.69, 9.17) is 0 Å². The second kappa shape index (κ2) is 8.49. The Hall–Kier alpha value is -0.937. The van der Waals surface area contributed by atoms with Gasteiger partial charge in [-0.3, -0.25) is 0 Å². The van der Waals surface area contributed by atoms with E-state index in [9.17, 15) is 0 Å². The van der Waals surface area contributed by atoms with Gasteiger partial charge in [-0.15, -0.1) is 0 Å². The third-order valence-corrected chi connectivity index (χ3v) is 3.17. The summed E-state index contributed by atoms with van der Waals surface area (Å²) in [6.45, 7) is 13.3. The fourth-order valence-electron chi connectivity index (χ4n) is 1.77. The summed E-state index contributed by atoms with van der Waals surface area (Å²) in [6.07, 6.45) is 0. The van der Waals surface area contributed by atoms with Crippen molar-refractivity contribution in [2.45, 2.75) is 52.4 Å². The Morgan fingerprint density at radius 3 is 0.952 bits per heavy atom. The fraction of sp³-hybridized carbons (Fsp3) is 0.400. The molecule has 1 heteroatoms. The normalized spacial score (nSPS) is 11.0. The molecule has 2 aromatic carbocycles. The van der Waals surface area contributed by atoms with Gasteiger partial charge in [0.1, 0.15) is 0 Å². The Labute approximate surface area is 143 Å². The van der Waals surface area contributed by atoms with E-state index < -0.39 is 0 Å². The van der Waals surface area contributed by atoms with Crippen molar-refractivity contribution < 1.29 is 19.5 Å². The smallest absolute Gasteiger partial charge is 0.184 e. The van der Waals surface area contributed by atoms with Crippen LogP contribution in [0.1, 0.15) is 52.7 Å². The van der Waals surface area contributed by atoms with Crippen LogP contribution in [0.4, 0.5) is 0 Å². The number of benzene rings is 2. The molecule has 0 aliphatic heterocycles. The number of hydrogen-bond acceptors (Lipinski definition) is 0. The van der Waals surface area contributed by atoms with Crippen molar-refractivity contribution in [1.82, 2.24) is 0 Å². The van der Waals surface area contributed by atoms with Crippen molar-refractivity contribution >= 4 is 0 Å². The average Bonchev–Trinajstić information content (AvgIpc) is 2.40. The van der Waals surface area contributed by atoms with Gasteiger partial charge < -0.3 is 0 Å². The van der Waals surface area contributed by atoms with Gasteiger partial charge >= 0.3 is 19.5 Å². The molecule has 0 saturated carbocycles. The SMILES string of the molecule is CC(C)(C)c1cc[c-]cc1.CC(C)(C)c1cc[c-]cc1.[Zn+2]. The first kappa shape index (κ1) is 20.1. The molecule has 21 heavy (non-hydrogen) atoms. The zero-order valence-corrected chi connectivity index (χ0v) is 17.3. The van der Waals surface area contributed by atoms with Crippen LogP contribution >= 0.6 is 0 Å². The second-order valence-corrected chi connectivity index (χ2v) is 7.08. The van der Waals surface area contributed by atoms with Crippen LogP contribution in [-0.2, 0) is 30.3 Å². The molecule has 0 heterocycles. The van der Waals surface area contributed by atoms with E-state index in [1.807, 2.05) is 24.3 Å². The van der Waals surface area contributed by atoms with E-state index in [1.165, 1.54) is 11.1 Å². The molecule has 0 atom stereocenters. The van der Waals surface area contributed by atoms with Gasteiger partial charge in [0.25, 0.3) is 0 Å². The van der Waals surface area contributed by atoms with Crippen LogP contribution in [0.3, 0.4) is 0 Å². The van der Waals surface area contributed by atoms with E-state index in [0.29, 0.717) is 0 Å². The van der Waals surface area contributed by atoms with Gasteiger partial charge in [-0.1, -0.05) is 41.5 Å². The standard InChI is InChI=1S/2C10H13.Zn/c2*1-10(2,3)9-7-5-4-6-8-9;/h2*5-8H,1-3H3;/q2*-1;+2. The van der Waals surface area contributed by atoms with Gasteiger partial charge in [-0.25, -0.2) is 0 Å². The predicted octanol–water partition coefficient (Wildman–Crippen LogP) is 5.57. The minimum Gasteiger partial charge on any atom is -0.184 e. The number of hydrogen-bond donors (Lipinski definition) is 0. The summed E-state index contributed by atoms with van der Waals surface area (Å²) in [7, 11) is 0. The second-order valence-electron chi connectivity index (χ2n) is 7.08. The van der Waals surface area contributed by atoms with E-state index in [0.717, 1.165) is 0 Å². The molecule has 0 nitrogen and oxygen atoms in total. The summed E-state index contributed by atoms with van der Waals surface area (Å²) < 4.78 is 0. The van der Waals surface area contributed by atoms with Gasteiger partial charge in [-0.05, 0) is 10.8 Å². The Kier molecular flexibility index (Phi) is 8.11. The van der Waals surface area contributed by atoms with Crippen LogP contribution in [0.15, 0.2) is 48.5 Å². The third kappa shape index (κ3) is 7.58. The molecule has 0 aliphatic rings. The predicted molar refractivity (Wildman–Crippen MR) is 88.0 cm³/mol. The molecule has 108 valence electrons. The van der Waals surface area contributed by atoms with Crippen molar-refractivity contribution in [2.24, 2.45) is 0 Å². The minimum absolute atomic E-state index is 0. The molecule has 0 aromatic heterocycles. The molecular formula is C20H26Zn. The van der Waals surface area contributed by atoms with Crippen LogP contribution in [0.2, 0.25) is 0 Å². The Bertz CT molecular complexity index is 437. The van der Waals surface area contributed by atoms with E-state index in [2.05, 4.69) is 77.9 Å². The van der Waals surface area contributed by atoms with Gasteiger partial charge in [0.05, 0.1) is 0 Å². The molecule has 0 spiro atoms. The van der Waals surface area contributed by atoms with Crippen LogP contribution in [0.5, 0.6) is 0 Å². The zero-order valence-electron chi connectivity index (χ0n) is 14.3. The van der Waals surface area contributed by atoms with Gasteiger partial charge in [-0.2, -0.15) is 71.8 Å². The maximum atomic E-state index is 3.00. The van der Waals surface area contributed by atoms with Crippen molar-refractivity contribution in [3.8, 4) is 0 Å². The summed E-state index contributed by atoms with van der Waals surface area (Å²) in [5.74, 6) is 0. The molecule has 0 bridgehead atoms. The molecular weight excluding hydrogens is 306 g/mol. The van der Waals surface area contributed by atoms with Crippen molar-refractivity contribution in [3.05, 3.63) is 71.8 Å². The van der Waals surface area contributed by atoms with Crippen molar-refractivity contribution in [2.75, 3.05) is 0 Å². The summed E-state index contributed by atoms with van der Waals surface area (Å²) in [5.41, 5.74) is 3.28. The Morgan fingerprint density at radius 2 is 0.810 bits per heavy atom. The third-order valence-electron chi connectivity index (χ3n) is 3.17. The molecule has 0 amide bonds. The molecule has 0 radical (unpaired) electrons. The van der Waals surface area contributed by atoms with E-state index in [1.54, 1.807) is 0 Å². The molecule has 0 unspecified atom stereocenters. The summed E-state index contributed by atoms with van der Waals surface area (Å²) >= 11 is 0. The quantitative estimate of drug-likeness (QED) is 0.437. The number of rotatable bonds is 0. The van der Waals surface area contributed by atoms with Gasteiger partial charge in [0.2, 0.25) is 0 Å². The van der Waals surface area contributed by atoms with Crippen molar-refractivity contribution in [1.29, 1.82) is 0 Å². The molecule has 0 N–H and O–H groups in total. The van der Waals surface area contributed by atoms with Crippen molar-refractivity contribution in [3.63, 3.8) is 0 Å². The minimum atomic E-state index is 0. The molecule has 2 aromatic rings. The molecule has 0 aliphatic carbocycles. The first-order valence-electron chi connectivity index (χ1n) is 7.14. The zero-order chi connectivity index (χ0) is 15.2. The summed E-state index contributed by atoms with van der Waals surface area (Å²) in [4.78, 5) is 0. The summed E-state index contributed by atoms with van der Waals surface area (Å²) in [5, 5.41) is 0. The Balaban J connectivity index is 0.000000364. The van der Waals surface area contributed by atoms with Crippen LogP contribution in [0, 0.1) is 12.1 Å². The van der Waals surface area contributed by atoms with Gasteiger partial charge in [0.15, 0.2) is 0 Å². The maximum Gasteiger partial charge on any atom is 2.00 e. The average molecular weight is 332 g/mol. The fourth-order valence-corrected chi connectivity index (χ4v) is 1.77. The molecule has 2 rings (SSSR count). The first-order valence-corrected chi connectivity index (χ1v) is 7.14. The molecule has 0 saturated heterocycles. The van der Waals surface area contributed by atoms with Crippen LogP contribution in [0.25, 0.3) is 0 Å². The monoisotopic (exact) mass is 330 g/mol. The van der Waals surface area contributed by atoms with Crippen LogP contribution in [-0.4, -0.2) is 0 Å². The molecule has 0 fully saturated rings. The first-order chi connectivity index (χ1) is 9.21. The van der Waals surface area contributed by atoms with E-state index in [-0.39, 0.29) is 30.3 Å². The largest absolute Gasteiger partial charge is 2.00 e. The van der Waals surface area contributed by atoms with E-state index >= 15 is 0 Å². The topological polar surface area (TPSA) is 0 Å².